The minimum atomic E-state index is -0.104. The number of benzene rings is 1. The summed E-state index contributed by atoms with van der Waals surface area (Å²) in [6, 6.07) is 6.20. The lowest BCUT2D eigenvalue weighted by molar-refractivity contribution is -0.141. The van der Waals surface area contributed by atoms with Crippen LogP contribution in [0.2, 0.25) is 0 Å². The summed E-state index contributed by atoms with van der Waals surface area (Å²) in [6.07, 6.45) is 5.14. The van der Waals surface area contributed by atoms with Crippen LogP contribution in [-0.2, 0) is 4.79 Å². The zero-order chi connectivity index (χ0) is 15.3. The van der Waals surface area contributed by atoms with Crippen LogP contribution in [0.1, 0.15) is 50.5 Å². The van der Waals surface area contributed by atoms with Crippen LogP contribution < -0.4 is 9.47 Å². The molecule has 0 spiro atoms. The number of rotatable bonds is 1. The second-order valence-corrected chi connectivity index (χ2v) is 7.36. The molecule has 1 aromatic rings. The summed E-state index contributed by atoms with van der Waals surface area (Å²) in [5, 5.41) is 0. The van der Waals surface area contributed by atoms with E-state index in [1.165, 1.54) is 12.0 Å². The van der Waals surface area contributed by atoms with Gasteiger partial charge in [-0.1, -0.05) is 13.0 Å². The van der Waals surface area contributed by atoms with Gasteiger partial charge in [-0.15, -0.1) is 0 Å². The first-order valence-corrected chi connectivity index (χ1v) is 8.47. The molecule has 0 amide bonds. The van der Waals surface area contributed by atoms with Gasteiger partial charge in [-0.3, -0.25) is 4.79 Å². The van der Waals surface area contributed by atoms with Crippen LogP contribution in [0.5, 0.6) is 11.5 Å². The highest BCUT2D eigenvalue weighted by Crippen LogP contribution is 2.57. The molecule has 3 nitrogen and oxygen atoms in total. The Morgan fingerprint density at radius 1 is 1.32 bits per heavy atom. The molecule has 1 aromatic carbocycles. The van der Waals surface area contributed by atoms with E-state index >= 15 is 0 Å². The molecule has 0 aromatic heterocycles. The second-order valence-electron chi connectivity index (χ2n) is 7.36. The molecule has 2 saturated carbocycles. The summed E-state index contributed by atoms with van der Waals surface area (Å²) >= 11 is 0. The molecular weight excluding hydrogens is 276 g/mol. The molecule has 0 radical (unpaired) electrons. The van der Waals surface area contributed by atoms with Crippen molar-refractivity contribution in [1.29, 1.82) is 0 Å². The first kappa shape index (κ1) is 14.1. The monoisotopic (exact) mass is 300 g/mol. The predicted molar refractivity (Wildman–Crippen MR) is 84.4 cm³/mol. The van der Waals surface area contributed by atoms with E-state index in [-0.39, 0.29) is 5.41 Å². The fourth-order valence-electron chi connectivity index (χ4n) is 5.13. The number of Topliss-reactive ketones (excluding diaryl/α,β-unsaturated/α-hetero) is 1. The summed E-state index contributed by atoms with van der Waals surface area (Å²) in [7, 11) is 1.69. The Hall–Kier alpha value is -1.51. The number of hydrogen-bond donors (Lipinski definition) is 0. The number of carbonyl (C=O) groups is 1. The molecule has 0 unspecified atom stereocenters. The van der Waals surface area contributed by atoms with Gasteiger partial charge in [-0.25, -0.2) is 0 Å². The fourth-order valence-corrected chi connectivity index (χ4v) is 5.13. The summed E-state index contributed by atoms with van der Waals surface area (Å²) in [5.74, 6) is 3.84. The summed E-state index contributed by atoms with van der Waals surface area (Å²) < 4.78 is 11.4. The van der Waals surface area contributed by atoms with Crippen molar-refractivity contribution in [2.75, 3.05) is 13.7 Å². The molecule has 1 aliphatic heterocycles. The van der Waals surface area contributed by atoms with Crippen LogP contribution >= 0.6 is 0 Å². The maximum atomic E-state index is 12.5. The lowest BCUT2D eigenvalue weighted by Crippen LogP contribution is -2.50. The van der Waals surface area contributed by atoms with Gasteiger partial charge in [-0.05, 0) is 49.1 Å². The Kier molecular flexibility index (Phi) is 3.21. The van der Waals surface area contributed by atoms with Gasteiger partial charge >= 0.3 is 0 Å². The number of ketones is 1. The minimum Gasteiger partial charge on any atom is -0.497 e. The van der Waals surface area contributed by atoms with Crippen molar-refractivity contribution in [3.8, 4) is 11.5 Å². The second kappa shape index (κ2) is 5.00. The first-order chi connectivity index (χ1) is 10.6. The van der Waals surface area contributed by atoms with Crippen LogP contribution in [0.15, 0.2) is 18.2 Å². The lowest BCUT2D eigenvalue weighted by atomic mass is 9.52. The minimum absolute atomic E-state index is 0.104. The fraction of sp³-hybridized carbons (Fsp3) is 0.632. The van der Waals surface area contributed by atoms with E-state index in [1.54, 1.807) is 7.11 Å². The molecule has 4 atom stereocenters. The molecule has 3 aliphatic rings. The van der Waals surface area contributed by atoms with Gasteiger partial charge in [0.1, 0.15) is 17.3 Å². The van der Waals surface area contributed by atoms with Crippen molar-refractivity contribution >= 4 is 5.78 Å². The average molecular weight is 300 g/mol. The van der Waals surface area contributed by atoms with E-state index in [9.17, 15) is 4.79 Å². The van der Waals surface area contributed by atoms with Gasteiger partial charge < -0.3 is 9.47 Å². The summed E-state index contributed by atoms with van der Waals surface area (Å²) in [5.41, 5.74) is 1.21. The van der Waals surface area contributed by atoms with E-state index in [0.717, 1.165) is 43.8 Å². The zero-order valence-corrected chi connectivity index (χ0v) is 13.4. The molecule has 22 heavy (non-hydrogen) atoms. The molecule has 3 heteroatoms. The quantitative estimate of drug-likeness (QED) is 0.787. The Bertz CT molecular complexity index is 609. The Balaban J connectivity index is 1.69. The molecule has 4 rings (SSSR count). The van der Waals surface area contributed by atoms with Crippen molar-refractivity contribution < 1.29 is 14.3 Å². The largest absolute Gasteiger partial charge is 0.497 e. The zero-order valence-electron chi connectivity index (χ0n) is 13.4. The average Bonchev–Trinajstić information content (AvgIpc) is 2.55. The van der Waals surface area contributed by atoms with E-state index in [0.29, 0.717) is 23.5 Å². The topological polar surface area (TPSA) is 35.5 Å². The number of ether oxygens (including phenoxy) is 2. The van der Waals surface area contributed by atoms with E-state index in [4.69, 9.17) is 9.47 Å². The number of methoxy groups -OCH3 is 1. The van der Waals surface area contributed by atoms with Crippen LogP contribution in [0.25, 0.3) is 0 Å². The van der Waals surface area contributed by atoms with Gasteiger partial charge in [-0.2, -0.15) is 0 Å². The first-order valence-electron chi connectivity index (χ1n) is 8.47. The van der Waals surface area contributed by atoms with Crippen molar-refractivity contribution in [2.24, 2.45) is 17.3 Å². The third kappa shape index (κ3) is 1.90. The number of carbonyl (C=O) groups excluding carboxylic acids is 1. The number of hydrogen-bond acceptors (Lipinski definition) is 3. The van der Waals surface area contributed by atoms with Crippen LogP contribution in [-0.4, -0.2) is 19.5 Å². The maximum Gasteiger partial charge on any atom is 0.139 e. The predicted octanol–water partition coefficient (Wildman–Crippen LogP) is 3.96. The highest BCUT2D eigenvalue weighted by atomic mass is 16.5. The SMILES string of the molecule is COc1ccc2c(c1)OC[C@H]1[C@@H]2CC[C@]2(C)C(=O)CCC[C@@H]12. The Labute approximate surface area is 132 Å². The van der Waals surface area contributed by atoms with Crippen molar-refractivity contribution in [3.05, 3.63) is 23.8 Å². The van der Waals surface area contributed by atoms with Gasteiger partial charge in [0.2, 0.25) is 0 Å². The van der Waals surface area contributed by atoms with Crippen molar-refractivity contribution in [1.82, 2.24) is 0 Å². The van der Waals surface area contributed by atoms with Crippen molar-refractivity contribution in [3.63, 3.8) is 0 Å². The van der Waals surface area contributed by atoms with Gasteiger partial charge in [0.25, 0.3) is 0 Å². The van der Waals surface area contributed by atoms with Crippen molar-refractivity contribution in [2.45, 2.75) is 44.9 Å². The van der Waals surface area contributed by atoms with Gasteiger partial charge in [0.05, 0.1) is 13.7 Å². The summed E-state index contributed by atoms with van der Waals surface area (Å²) in [6.45, 7) is 2.96. The highest BCUT2D eigenvalue weighted by Gasteiger charge is 2.53. The molecule has 2 aliphatic carbocycles. The molecule has 118 valence electrons. The smallest absolute Gasteiger partial charge is 0.139 e. The van der Waals surface area contributed by atoms with Gasteiger partial charge in [0.15, 0.2) is 0 Å². The van der Waals surface area contributed by atoms with E-state index in [2.05, 4.69) is 13.0 Å². The third-order valence-electron chi connectivity index (χ3n) is 6.43. The standard InChI is InChI=1S/C19H24O3/c1-19-9-8-13-14-7-6-12(21-2)10-17(14)22-11-15(13)16(19)4-3-5-18(19)20/h6-7,10,13,15-16H,3-5,8-9,11H2,1-2H3/t13-,15+,16+,19+/m1/s1. The third-order valence-corrected chi connectivity index (χ3v) is 6.43. The maximum absolute atomic E-state index is 12.5. The van der Waals surface area contributed by atoms with Crippen LogP contribution in [0.3, 0.4) is 0 Å². The van der Waals surface area contributed by atoms with Crippen LogP contribution in [0.4, 0.5) is 0 Å². The lowest BCUT2D eigenvalue weighted by Gasteiger charge is -2.52. The van der Waals surface area contributed by atoms with Gasteiger partial charge in [0, 0.05) is 23.8 Å². The highest BCUT2D eigenvalue weighted by molar-refractivity contribution is 5.85. The number of fused-ring (bicyclic) bond motifs is 5. The molecule has 0 saturated heterocycles. The Morgan fingerprint density at radius 3 is 3.00 bits per heavy atom. The summed E-state index contributed by atoms with van der Waals surface area (Å²) in [4.78, 5) is 12.5. The Morgan fingerprint density at radius 2 is 2.18 bits per heavy atom. The van der Waals surface area contributed by atoms with Crippen LogP contribution in [0, 0.1) is 17.3 Å². The molecule has 1 heterocycles. The van der Waals surface area contributed by atoms with E-state index < -0.39 is 0 Å². The molecule has 2 fully saturated rings. The molecular formula is C19H24O3. The molecule has 0 N–H and O–H groups in total. The normalized spacial score (nSPS) is 36.6. The van der Waals surface area contributed by atoms with E-state index in [1.807, 2.05) is 12.1 Å². The molecule has 0 bridgehead atoms.